The minimum absolute atomic E-state index is 0.0000393. The number of fused-ring (bicyclic) bond motifs is 1. The molecule has 3 nitrogen and oxygen atoms in total. The summed E-state index contributed by atoms with van der Waals surface area (Å²) >= 11 is 1.54. The average Bonchev–Trinajstić information content (AvgIpc) is 2.88. The first-order valence-electron chi connectivity index (χ1n) is 6.57. The van der Waals surface area contributed by atoms with Gasteiger partial charge in [-0.05, 0) is 0 Å². The van der Waals surface area contributed by atoms with Crippen LogP contribution in [0.5, 0.6) is 0 Å². The van der Waals surface area contributed by atoms with Crippen LogP contribution in [-0.2, 0) is 4.74 Å². The van der Waals surface area contributed by atoms with Gasteiger partial charge in [-0.1, -0.05) is 0 Å². The second-order valence-electron chi connectivity index (χ2n) is 4.25. The molecule has 0 aliphatic heterocycles. The Balaban J connectivity index is 2.09. The maximum atomic E-state index is 12.2. The van der Waals surface area contributed by atoms with E-state index in [0.29, 0.717) is 6.61 Å². The number of rotatable bonds is 4. The third kappa shape index (κ3) is 3.05. The van der Waals surface area contributed by atoms with Crippen LogP contribution in [0.4, 0.5) is 0 Å². The Morgan fingerprint density at radius 3 is 2.81 bits per heavy atom. The van der Waals surface area contributed by atoms with Gasteiger partial charge in [-0.25, -0.2) is 0 Å². The summed E-state index contributed by atoms with van der Waals surface area (Å²) in [5, 5.41) is 2.03. The van der Waals surface area contributed by atoms with Gasteiger partial charge >= 0.3 is 133 Å². The van der Waals surface area contributed by atoms with Crippen molar-refractivity contribution in [2.75, 3.05) is 6.61 Å². The number of hydrogen-bond acceptors (Lipinski definition) is 4. The van der Waals surface area contributed by atoms with Crippen molar-refractivity contribution in [3.8, 4) is 0 Å². The monoisotopic (exact) mass is 363 g/mol. The van der Waals surface area contributed by atoms with E-state index in [9.17, 15) is 4.79 Å². The first kappa shape index (κ1) is 14.4. The molecule has 0 aliphatic carbocycles. The number of ether oxygens (including phenoxy) is 1. The molecule has 0 amide bonds. The minimum atomic E-state index is -0.202. The molecule has 0 saturated carbocycles. The molecule has 0 unspecified atom stereocenters. The van der Waals surface area contributed by atoms with Crippen LogP contribution < -0.4 is 0 Å². The molecule has 106 valence electrons. The molecule has 2 heterocycles. The van der Waals surface area contributed by atoms with E-state index in [1.807, 2.05) is 37.3 Å². The zero-order valence-corrected chi connectivity index (χ0v) is 13.9. The van der Waals surface area contributed by atoms with Crippen LogP contribution >= 0.6 is 11.8 Å². The van der Waals surface area contributed by atoms with Crippen molar-refractivity contribution < 1.29 is 9.53 Å². The van der Waals surface area contributed by atoms with E-state index in [0.717, 1.165) is 19.7 Å². The van der Waals surface area contributed by atoms with Crippen molar-refractivity contribution in [2.24, 2.45) is 0 Å². The Hall–Kier alpha value is -1.55. The Labute approximate surface area is 133 Å². The fourth-order valence-electron chi connectivity index (χ4n) is 1.97. The van der Waals surface area contributed by atoms with Crippen molar-refractivity contribution in [1.82, 2.24) is 4.98 Å². The van der Waals surface area contributed by atoms with Gasteiger partial charge < -0.3 is 0 Å². The van der Waals surface area contributed by atoms with Crippen molar-refractivity contribution in [3.63, 3.8) is 0 Å². The molecular formula is C16H13NO2SSe. The molecule has 0 spiro atoms. The number of aromatic nitrogens is 1. The maximum absolute atomic E-state index is 12.2. The van der Waals surface area contributed by atoms with Crippen molar-refractivity contribution in [1.29, 1.82) is 0 Å². The first-order chi connectivity index (χ1) is 10.3. The average molecular weight is 362 g/mol. The molecule has 1 aromatic carbocycles. The Morgan fingerprint density at radius 1 is 1.24 bits per heavy atom. The molecule has 3 aromatic rings. The second kappa shape index (κ2) is 6.48. The molecule has 0 saturated heterocycles. The molecule has 0 radical (unpaired) electrons. The van der Waals surface area contributed by atoms with E-state index in [1.165, 1.54) is 16.0 Å². The second-order valence-corrected chi connectivity index (χ2v) is 7.49. The van der Waals surface area contributed by atoms with Crippen molar-refractivity contribution in [2.45, 2.75) is 16.8 Å². The molecule has 21 heavy (non-hydrogen) atoms. The molecule has 0 N–H and O–H groups in total. The van der Waals surface area contributed by atoms with Crippen LogP contribution in [0.25, 0.3) is 9.65 Å². The molecular weight excluding hydrogens is 349 g/mol. The van der Waals surface area contributed by atoms with Gasteiger partial charge in [-0.15, -0.1) is 0 Å². The molecule has 0 fully saturated rings. The van der Waals surface area contributed by atoms with Gasteiger partial charge in [0.15, 0.2) is 0 Å². The van der Waals surface area contributed by atoms with E-state index in [1.54, 1.807) is 6.20 Å². The number of hydrogen-bond donors (Lipinski definition) is 0. The van der Waals surface area contributed by atoms with Gasteiger partial charge in [0.05, 0.1) is 0 Å². The van der Waals surface area contributed by atoms with Crippen molar-refractivity contribution >= 4 is 41.9 Å². The molecule has 0 aliphatic rings. The fraction of sp³-hybridized carbons (Fsp3) is 0.125. The summed E-state index contributed by atoms with van der Waals surface area (Å²) in [6, 6.07) is 14.0. The van der Waals surface area contributed by atoms with Gasteiger partial charge in [0, 0.05) is 0 Å². The molecule has 0 atom stereocenters. The quantitative estimate of drug-likeness (QED) is 0.525. The SMILES string of the molecule is CCOC(=O)c1[se]c2ccccc2c1Sc1ccccn1. The van der Waals surface area contributed by atoms with Crippen LogP contribution in [0.3, 0.4) is 0 Å². The van der Waals surface area contributed by atoms with Crippen LogP contribution in [-0.4, -0.2) is 32.1 Å². The zero-order valence-electron chi connectivity index (χ0n) is 11.4. The molecule has 2 aromatic heterocycles. The predicted molar refractivity (Wildman–Crippen MR) is 85.2 cm³/mol. The van der Waals surface area contributed by atoms with Gasteiger partial charge in [-0.2, -0.15) is 0 Å². The summed E-state index contributed by atoms with van der Waals surface area (Å²) in [6.45, 7) is 2.23. The van der Waals surface area contributed by atoms with Crippen LogP contribution in [0.15, 0.2) is 58.6 Å². The number of carbonyl (C=O) groups excluding carboxylic acids is 1. The van der Waals surface area contributed by atoms with E-state index < -0.39 is 0 Å². The molecule has 5 heteroatoms. The number of esters is 1. The number of nitrogens with zero attached hydrogens (tertiary/aromatic N) is 1. The summed E-state index contributed by atoms with van der Waals surface area (Å²) < 4.78 is 7.23. The van der Waals surface area contributed by atoms with Crippen LogP contribution in [0.1, 0.15) is 16.2 Å². The van der Waals surface area contributed by atoms with Gasteiger partial charge in [0.2, 0.25) is 0 Å². The van der Waals surface area contributed by atoms with Crippen LogP contribution in [0, 0.1) is 0 Å². The molecule has 0 bridgehead atoms. The normalized spacial score (nSPS) is 10.7. The fourth-order valence-corrected chi connectivity index (χ4v) is 5.60. The standard InChI is InChI=1S/C16H13NO2SSe/c1-2-19-16(18)15-14(20-13-9-5-6-10-17-13)11-7-3-4-8-12(11)21-15/h3-10H,2H2,1H3. The third-order valence-electron chi connectivity index (χ3n) is 2.86. The zero-order chi connectivity index (χ0) is 14.7. The van der Waals surface area contributed by atoms with Gasteiger partial charge in [0.25, 0.3) is 0 Å². The number of pyridine rings is 1. The summed E-state index contributed by atoms with van der Waals surface area (Å²) in [4.78, 5) is 17.5. The number of benzene rings is 1. The van der Waals surface area contributed by atoms with E-state index >= 15 is 0 Å². The predicted octanol–water partition coefficient (Wildman–Crippen LogP) is 3.62. The Bertz CT molecular complexity index is 770. The van der Waals surface area contributed by atoms with E-state index in [-0.39, 0.29) is 20.5 Å². The van der Waals surface area contributed by atoms with Gasteiger partial charge in [-0.3, -0.25) is 0 Å². The number of carbonyl (C=O) groups is 1. The van der Waals surface area contributed by atoms with Gasteiger partial charge in [0.1, 0.15) is 0 Å². The molecule has 3 rings (SSSR count). The van der Waals surface area contributed by atoms with Crippen molar-refractivity contribution in [3.05, 3.63) is 53.1 Å². The summed E-state index contributed by atoms with van der Waals surface area (Å²) in [7, 11) is 0. The topological polar surface area (TPSA) is 39.2 Å². The van der Waals surface area contributed by atoms with Crippen LogP contribution in [0.2, 0.25) is 0 Å². The van der Waals surface area contributed by atoms with E-state index in [4.69, 9.17) is 4.74 Å². The summed E-state index contributed by atoms with van der Waals surface area (Å²) in [5.41, 5.74) is 0. The third-order valence-corrected chi connectivity index (χ3v) is 6.64. The summed E-state index contributed by atoms with van der Waals surface area (Å²) in [6.07, 6.45) is 1.76. The Morgan fingerprint density at radius 2 is 2.05 bits per heavy atom. The Kier molecular flexibility index (Phi) is 4.44. The first-order valence-corrected chi connectivity index (χ1v) is 9.10. The summed E-state index contributed by atoms with van der Waals surface area (Å²) in [5.74, 6) is -0.202. The van der Waals surface area contributed by atoms with E-state index in [2.05, 4.69) is 17.1 Å².